The van der Waals surface area contributed by atoms with Crippen molar-refractivity contribution < 1.29 is 9.90 Å². The van der Waals surface area contributed by atoms with Crippen LogP contribution >= 0.6 is 0 Å². The molecular weight excluding hydrogens is 190 g/mol. The molecule has 0 atom stereocenters. The van der Waals surface area contributed by atoms with Gasteiger partial charge in [-0.15, -0.1) is 0 Å². The van der Waals surface area contributed by atoms with Crippen molar-refractivity contribution in [1.82, 2.24) is 5.32 Å². The lowest BCUT2D eigenvalue weighted by molar-refractivity contribution is -0.128. The van der Waals surface area contributed by atoms with Crippen molar-refractivity contribution in [3.8, 4) is 0 Å². The van der Waals surface area contributed by atoms with E-state index in [0.29, 0.717) is 5.92 Å². The molecule has 1 aliphatic carbocycles. The normalized spacial score (nSPS) is 27.5. The second kappa shape index (κ2) is 4.97. The van der Waals surface area contributed by atoms with Gasteiger partial charge in [0.05, 0.1) is 6.10 Å². The monoisotopic (exact) mass is 213 g/mol. The molecule has 0 heterocycles. The Bertz CT molecular complexity index is 212. The number of rotatable bonds is 2. The molecule has 0 aromatic carbocycles. The molecule has 0 bridgehead atoms. The fourth-order valence-corrected chi connectivity index (χ4v) is 1.85. The minimum Gasteiger partial charge on any atom is -0.393 e. The molecule has 0 aromatic rings. The molecule has 0 unspecified atom stereocenters. The quantitative estimate of drug-likeness (QED) is 0.733. The van der Waals surface area contributed by atoms with E-state index in [0.717, 1.165) is 32.2 Å². The van der Waals surface area contributed by atoms with Crippen molar-refractivity contribution in [3.63, 3.8) is 0 Å². The van der Waals surface area contributed by atoms with Crippen LogP contribution in [0.15, 0.2) is 0 Å². The summed E-state index contributed by atoms with van der Waals surface area (Å²) in [7, 11) is 0. The molecule has 15 heavy (non-hydrogen) atoms. The highest BCUT2D eigenvalue weighted by Crippen LogP contribution is 2.23. The second-order valence-electron chi connectivity index (χ2n) is 5.63. The molecule has 1 saturated carbocycles. The van der Waals surface area contributed by atoms with Gasteiger partial charge < -0.3 is 10.4 Å². The van der Waals surface area contributed by atoms with Gasteiger partial charge in [-0.3, -0.25) is 4.79 Å². The van der Waals surface area contributed by atoms with E-state index in [1.54, 1.807) is 0 Å². The zero-order valence-electron chi connectivity index (χ0n) is 10.0. The first kappa shape index (κ1) is 12.5. The maximum absolute atomic E-state index is 11.6. The molecule has 3 heteroatoms. The molecule has 1 aliphatic rings. The average molecular weight is 213 g/mol. The topological polar surface area (TPSA) is 49.3 Å². The van der Waals surface area contributed by atoms with Gasteiger partial charge in [0, 0.05) is 12.0 Å². The predicted molar refractivity (Wildman–Crippen MR) is 60.4 cm³/mol. The van der Waals surface area contributed by atoms with Crippen molar-refractivity contribution in [1.29, 1.82) is 0 Å². The SMILES string of the molecule is CC(C)(C)C(=O)NCC1CCC(O)CC1. The fourth-order valence-electron chi connectivity index (χ4n) is 1.85. The van der Waals surface area contributed by atoms with E-state index in [1.807, 2.05) is 20.8 Å². The molecule has 1 fully saturated rings. The Kier molecular flexibility index (Phi) is 4.14. The standard InChI is InChI=1S/C12H23NO2/c1-12(2,3)11(15)13-8-9-4-6-10(14)7-5-9/h9-10,14H,4-8H2,1-3H3,(H,13,15). The molecule has 88 valence electrons. The molecule has 0 saturated heterocycles. The first-order chi connectivity index (χ1) is 6.89. The minimum atomic E-state index is -0.297. The smallest absolute Gasteiger partial charge is 0.225 e. The fraction of sp³-hybridized carbons (Fsp3) is 0.917. The third-order valence-corrected chi connectivity index (χ3v) is 3.05. The number of aliphatic hydroxyl groups is 1. The Hall–Kier alpha value is -0.570. The Labute approximate surface area is 92.3 Å². The van der Waals surface area contributed by atoms with E-state index in [-0.39, 0.29) is 17.4 Å². The maximum atomic E-state index is 11.6. The molecule has 0 spiro atoms. The molecule has 2 N–H and O–H groups in total. The summed E-state index contributed by atoms with van der Waals surface area (Å²) in [4.78, 5) is 11.6. The summed E-state index contributed by atoms with van der Waals surface area (Å²) in [5.74, 6) is 0.674. The van der Waals surface area contributed by atoms with Crippen molar-refractivity contribution in [2.45, 2.75) is 52.6 Å². The largest absolute Gasteiger partial charge is 0.393 e. The van der Waals surface area contributed by atoms with Crippen molar-refractivity contribution in [2.75, 3.05) is 6.54 Å². The summed E-state index contributed by atoms with van der Waals surface area (Å²) in [5, 5.41) is 12.3. The first-order valence-electron chi connectivity index (χ1n) is 5.86. The van der Waals surface area contributed by atoms with Crippen molar-refractivity contribution in [2.24, 2.45) is 11.3 Å². The summed E-state index contributed by atoms with van der Waals surface area (Å²) >= 11 is 0. The highest BCUT2D eigenvalue weighted by molar-refractivity contribution is 5.81. The van der Waals surface area contributed by atoms with E-state index in [2.05, 4.69) is 5.32 Å². The summed E-state index contributed by atoms with van der Waals surface area (Å²) in [6, 6.07) is 0. The lowest BCUT2D eigenvalue weighted by Crippen LogP contribution is -2.38. The van der Waals surface area contributed by atoms with Crippen molar-refractivity contribution in [3.05, 3.63) is 0 Å². The van der Waals surface area contributed by atoms with E-state index < -0.39 is 0 Å². The van der Waals surface area contributed by atoms with E-state index in [9.17, 15) is 9.90 Å². The van der Waals surface area contributed by atoms with Crippen LogP contribution in [-0.2, 0) is 4.79 Å². The minimum absolute atomic E-state index is 0.112. The lowest BCUT2D eigenvalue weighted by Gasteiger charge is -2.27. The zero-order chi connectivity index (χ0) is 11.5. The van der Waals surface area contributed by atoms with Crippen LogP contribution in [0.3, 0.4) is 0 Å². The second-order valence-corrected chi connectivity index (χ2v) is 5.63. The highest BCUT2D eigenvalue weighted by Gasteiger charge is 2.23. The number of hydrogen-bond acceptors (Lipinski definition) is 2. The van der Waals surface area contributed by atoms with E-state index in [1.165, 1.54) is 0 Å². The van der Waals surface area contributed by atoms with Crippen LogP contribution in [0.4, 0.5) is 0 Å². The molecule has 0 aliphatic heterocycles. The number of nitrogens with one attached hydrogen (secondary N) is 1. The van der Waals surface area contributed by atoms with Gasteiger partial charge in [-0.1, -0.05) is 20.8 Å². The molecule has 1 rings (SSSR count). The van der Waals surface area contributed by atoms with Crippen LogP contribution in [0.5, 0.6) is 0 Å². The van der Waals surface area contributed by atoms with Crippen molar-refractivity contribution >= 4 is 5.91 Å². The Balaban J connectivity index is 2.23. The molecule has 1 amide bonds. The van der Waals surface area contributed by atoms with Gasteiger partial charge in [0.15, 0.2) is 0 Å². The number of amides is 1. The van der Waals surface area contributed by atoms with E-state index >= 15 is 0 Å². The van der Waals surface area contributed by atoms with Crippen LogP contribution in [0.1, 0.15) is 46.5 Å². The third kappa shape index (κ3) is 4.20. The van der Waals surface area contributed by atoms with Crippen LogP contribution < -0.4 is 5.32 Å². The molecule has 3 nitrogen and oxygen atoms in total. The van der Waals surface area contributed by atoms with Crippen LogP contribution in [0.2, 0.25) is 0 Å². The van der Waals surface area contributed by atoms with Crippen LogP contribution in [0.25, 0.3) is 0 Å². The van der Waals surface area contributed by atoms with Gasteiger partial charge in [-0.05, 0) is 31.6 Å². The van der Waals surface area contributed by atoms with Gasteiger partial charge in [0.2, 0.25) is 5.91 Å². The van der Waals surface area contributed by atoms with Gasteiger partial charge in [-0.2, -0.15) is 0 Å². The summed E-state index contributed by atoms with van der Waals surface area (Å²) in [5.41, 5.74) is -0.297. The summed E-state index contributed by atoms with van der Waals surface area (Å²) in [6.45, 7) is 6.54. The Morgan fingerprint density at radius 3 is 2.27 bits per heavy atom. The van der Waals surface area contributed by atoms with Gasteiger partial charge in [0.25, 0.3) is 0 Å². The van der Waals surface area contributed by atoms with E-state index in [4.69, 9.17) is 0 Å². The van der Waals surface area contributed by atoms with Gasteiger partial charge >= 0.3 is 0 Å². The maximum Gasteiger partial charge on any atom is 0.225 e. The third-order valence-electron chi connectivity index (χ3n) is 3.05. The lowest BCUT2D eigenvalue weighted by atomic mass is 9.87. The van der Waals surface area contributed by atoms with Gasteiger partial charge in [0.1, 0.15) is 0 Å². The predicted octanol–water partition coefficient (Wildman–Crippen LogP) is 1.70. The Morgan fingerprint density at radius 2 is 1.80 bits per heavy atom. The summed E-state index contributed by atoms with van der Waals surface area (Å²) < 4.78 is 0. The molecule has 0 aromatic heterocycles. The Morgan fingerprint density at radius 1 is 1.27 bits per heavy atom. The average Bonchev–Trinajstić information content (AvgIpc) is 2.15. The summed E-state index contributed by atoms with van der Waals surface area (Å²) in [6.07, 6.45) is 3.73. The highest BCUT2D eigenvalue weighted by atomic mass is 16.3. The number of aliphatic hydroxyl groups excluding tert-OH is 1. The van der Waals surface area contributed by atoms with Crippen LogP contribution in [0, 0.1) is 11.3 Å². The molecular formula is C12H23NO2. The number of carbonyl (C=O) groups excluding carboxylic acids is 1. The number of carbonyl (C=O) groups is 1. The molecule has 0 radical (unpaired) electrons. The van der Waals surface area contributed by atoms with Gasteiger partial charge in [-0.25, -0.2) is 0 Å². The zero-order valence-corrected chi connectivity index (χ0v) is 10.0. The first-order valence-corrected chi connectivity index (χ1v) is 5.86. The number of hydrogen-bond donors (Lipinski definition) is 2. The van der Waals surface area contributed by atoms with Crippen LogP contribution in [-0.4, -0.2) is 23.7 Å².